The molecule has 1 saturated carbocycles. The lowest BCUT2D eigenvalue weighted by atomic mass is 9.93. The molecule has 0 radical (unpaired) electrons. The number of nitrogens with two attached hydrogens (primary N) is 1. The highest BCUT2D eigenvalue weighted by Crippen LogP contribution is 2.40. The number of hydrogen-bond acceptors (Lipinski definition) is 6. The molecule has 1 saturated heterocycles. The molecule has 3 N–H and O–H groups in total. The van der Waals surface area contributed by atoms with Crippen molar-refractivity contribution >= 4 is 33.9 Å². The van der Waals surface area contributed by atoms with Crippen molar-refractivity contribution in [1.82, 2.24) is 14.9 Å². The van der Waals surface area contributed by atoms with E-state index in [4.69, 9.17) is 10.7 Å². The Labute approximate surface area is 178 Å². The summed E-state index contributed by atoms with van der Waals surface area (Å²) in [6.07, 6.45) is 6.85. The Kier molecular flexibility index (Phi) is 5.17. The number of nitrogens with zero attached hydrogens (tertiary/aromatic N) is 4. The molecule has 1 aliphatic carbocycles. The van der Waals surface area contributed by atoms with Crippen LogP contribution in [-0.4, -0.2) is 48.1 Å². The fraction of sp³-hybridized carbons (Fsp3) is 0.417. The van der Waals surface area contributed by atoms with Crippen LogP contribution >= 0.6 is 0 Å². The summed E-state index contributed by atoms with van der Waals surface area (Å²) in [5.74, 6) is 1.14. The van der Waals surface area contributed by atoms with Gasteiger partial charge in [0.25, 0.3) is 0 Å². The van der Waals surface area contributed by atoms with Crippen LogP contribution < -0.4 is 16.0 Å². The SMILES string of the molecule is CN1CCN(c2ccc(Nc3ncc4ccc(N)c(C5CCCC5)c4n3)cc2)CC1. The molecule has 3 aromatic rings. The Morgan fingerprint density at radius 1 is 0.967 bits per heavy atom. The standard InChI is InChI=1S/C24H30N6/c1-29-12-14-30(15-13-29)20-9-7-19(8-10-20)27-24-26-16-18-6-11-21(25)22(23(18)28-24)17-4-2-3-5-17/h6-11,16-17H,2-5,12-15,25H2,1H3,(H,26,27,28). The van der Waals surface area contributed by atoms with Crippen molar-refractivity contribution in [2.24, 2.45) is 0 Å². The number of nitrogens with one attached hydrogen (secondary N) is 1. The van der Waals surface area contributed by atoms with Crippen molar-refractivity contribution in [3.63, 3.8) is 0 Å². The normalized spacial score (nSPS) is 18.2. The number of fused-ring (bicyclic) bond motifs is 1. The zero-order chi connectivity index (χ0) is 20.5. The number of rotatable bonds is 4. The summed E-state index contributed by atoms with van der Waals surface area (Å²) >= 11 is 0. The fourth-order valence-corrected chi connectivity index (χ4v) is 4.79. The van der Waals surface area contributed by atoms with E-state index >= 15 is 0 Å². The second-order valence-electron chi connectivity index (χ2n) is 8.64. The molecule has 2 aliphatic rings. The lowest BCUT2D eigenvalue weighted by Gasteiger charge is -2.34. The molecule has 2 heterocycles. The molecule has 5 rings (SSSR count). The van der Waals surface area contributed by atoms with Crippen LogP contribution in [0.4, 0.5) is 23.0 Å². The minimum atomic E-state index is 0.513. The summed E-state index contributed by atoms with van der Waals surface area (Å²) < 4.78 is 0. The van der Waals surface area contributed by atoms with Crippen LogP contribution in [0.25, 0.3) is 10.9 Å². The molecule has 2 fully saturated rings. The van der Waals surface area contributed by atoms with Crippen LogP contribution in [0, 0.1) is 0 Å². The van der Waals surface area contributed by atoms with E-state index in [1.807, 2.05) is 18.3 Å². The first-order chi connectivity index (χ1) is 14.7. The first kappa shape index (κ1) is 19.1. The predicted molar refractivity (Wildman–Crippen MR) is 125 cm³/mol. The van der Waals surface area contributed by atoms with Gasteiger partial charge in [-0.1, -0.05) is 12.8 Å². The number of anilines is 4. The molecular weight excluding hydrogens is 372 g/mol. The maximum Gasteiger partial charge on any atom is 0.227 e. The number of nitrogen functional groups attached to an aromatic ring is 1. The lowest BCUT2D eigenvalue weighted by molar-refractivity contribution is 0.313. The molecule has 1 aliphatic heterocycles. The van der Waals surface area contributed by atoms with Gasteiger partial charge in [-0.2, -0.15) is 0 Å². The summed E-state index contributed by atoms with van der Waals surface area (Å²) in [6, 6.07) is 12.6. The first-order valence-corrected chi connectivity index (χ1v) is 11.0. The molecule has 0 spiro atoms. The zero-order valence-electron chi connectivity index (χ0n) is 17.6. The number of likely N-dealkylation sites (N-methyl/N-ethyl adjacent to an activating group) is 1. The summed E-state index contributed by atoms with van der Waals surface area (Å²) in [4.78, 5) is 14.2. The van der Waals surface area contributed by atoms with E-state index in [-0.39, 0.29) is 0 Å². The van der Waals surface area contributed by atoms with Crippen molar-refractivity contribution in [3.05, 3.63) is 48.2 Å². The fourth-order valence-electron chi connectivity index (χ4n) is 4.79. The van der Waals surface area contributed by atoms with Gasteiger partial charge in [0.2, 0.25) is 5.95 Å². The molecule has 0 amide bonds. The number of benzene rings is 2. The number of aromatic nitrogens is 2. The average Bonchev–Trinajstić information content (AvgIpc) is 3.29. The summed E-state index contributed by atoms with van der Waals surface area (Å²) in [5.41, 5.74) is 11.7. The van der Waals surface area contributed by atoms with Crippen LogP contribution in [0.2, 0.25) is 0 Å². The van der Waals surface area contributed by atoms with Gasteiger partial charge in [-0.05, 0) is 62.2 Å². The highest BCUT2D eigenvalue weighted by atomic mass is 15.2. The van der Waals surface area contributed by atoms with Gasteiger partial charge < -0.3 is 20.9 Å². The molecule has 6 nitrogen and oxygen atoms in total. The third-order valence-electron chi connectivity index (χ3n) is 6.58. The van der Waals surface area contributed by atoms with Gasteiger partial charge in [0.15, 0.2) is 0 Å². The molecule has 30 heavy (non-hydrogen) atoms. The van der Waals surface area contributed by atoms with Crippen LogP contribution in [0.3, 0.4) is 0 Å². The summed E-state index contributed by atoms with van der Waals surface area (Å²) in [7, 11) is 2.18. The molecule has 0 atom stereocenters. The van der Waals surface area contributed by atoms with Crippen molar-refractivity contribution < 1.29 is 0 Å². The van der Waals surface area contributed by atoms with E-state index in [0.29, 0.717) is 11.9 Å². The molecule has 6 heteroatoms. The van der Waals surface area contributed by atoms with Gasteiger partial charge in [-0.25, -0.2) is 9.97 Å². The second-order valence-corrected chi connectivity index (χ2v) is 8.64. The minimum Gasteiger partial charge on any atom is -0.398 e. The van der Waals surface area contributed by atoms with Gasteiger partial charge in [0, 0.05) is 60.4 Å². The molecule has 0 unspecified atom stereocenters. The van der Waals surface area contributed by atoms with Crippen LogP contribution in [0.5, 0.6) is 0 Å². The molecule has 2 aromatic carbocycles. The maximum atomic E-state index is 6.38. The first-order valence-electron chi connectivity index (χ1n) is 11.0. The Balaban J connectivity index is 1.38. The maximum absolute atomic E-state index is 6.38. The highest BCUT2D eigenvalue weighted by molar-refractivity contribution is 5.87. The van der Waals surface area contributed by atoms with Crippen molar-refractivity contribution in [2.75, 3.05) is 49.2 Å². The van der Waals surface area contributed by atoms with E-state index < -0.39 is 0 Å². The van der Waals surface area contributed by atoms with Gasteiger partial charge in [0.05, 0.1) is 5.52 Å². The average molecular weight is 403 g/mol. The van der Waals surface area contributed by atoms with Gasteiger partial charge >= 0.3 is 0 Å². The van der Waals surface area contributed by atoms with E-state index in [2.05, 4.69) is 51.4 Å². The van der Waals surface area contributed by atoms with Crippen molar-refractivity contribution in [2.45, 2.75) is 31.6 Å². The number of hydrogen-bond donors (Lipinski definition) is 2. The third-order valence-corrected chi connectivity index (χ3v) is 6.58. The van der Waals surface area contributed by atoms with Crippen LogP contribution in [0.15, 0.2) is 42.6 Å². The summed E-state index contributed by atoms with van der Waals surface area (Å²) in [5, 5.41) is 4.44. The molecule has 156 valence electrons. The third kappa shape index (κ3) is 3.79. The van der Waals surface area contributed by atoms with E-state index in [1.165, 1.54) is 36.9 Å². The number of piperazine rings is 1. The molecule has 1 aromatic heterocycles. The highest BCUT2D eigenvalue weighted by Gasteiger charge is 2.22. The van der Waals surface area contributed by atoms with Crippen molar-refractivity contribution in [1.29, 1.82) is 0 Å². The quantitative estimate of drug-likeness (QED) is 0.632. The van der Waals surface area contributed by atoms with Crippen LogP contribution in [-0.2, 0) is 0 Å². The lowest BCUT2D eigenvalue weighted by Crippen LogP contribution is -2.44. The van der Waals surface area contributed by atoms with Gasteiger partial charge in [-0.15, -0.1) is 0 Å². The van der Waals surface area contributed by atoms with Gasteiger partial charge in [-0.3, -0.25) is 0 Å². The second kappa shape index (κ2) is 8.11. The van der Waals surface area contributed by atoms with Crippen LogP contribution in [0.1, 0.15) is 37.2 Å². The molecule has 0 bridgehead atoms. The Morgan fingerprint density at radius 2 is 1.70 bits per heavy atom. The minimum absolute atomic E-state index is 0.513. The Hall–Kier alpha value is -2.86. The van der Waals surface area contributed by atoms with E-state index in [1.54, 1.807) is 0 Å². The largest absolute Gasteiger partial charge is 0.398 e. The zero-order valence-corrected chi connectivity index (χ0v) is 17.6. The monoisotopic (exact) mass is 402 g/mol. The van der Waals surface area contributed by atoms with Crippen molar-refractivity contribution in [3.8, 4) is 0 Å². The van der Waals surface area contributed by atoms with E-state index in [9.17, 15) is 0 Å². The summed E-state index contributed by atoms with van der Waals surface area (Å²) in [6.45, 7) is 4.36. The molecular formula is C24H30N6. The predicted octanol–water partition coefficient (Wildman–Crippen LogP) is 4.37. The topological polar surface area (TPSA) is 70.3 Å². The van der Waals surface area contributed by atoms with E-state index in [0.717, 1.165) is 48.5 Å². The Bertz CT molecular complexity index is 1020. The smallest absolute Gasteiger partial charge is 0.227 e. The Morgan fingerprint density at radius 3 is 2.43 bits per heavy atom. The van der Waals surface area contributed by atoms with Gasteiger partial charge in [0.1, 0.15) is 0 Å².